The molecule has 0 saturated heterocycles. The highest BCUT2D eigenvalue weighted by Gasteiger charge is 2.55. The predicted molar refractivity (Wildman–Crippen MR) is 185 cm³/mol. The first-order valence-corrected chi connectivity index (χ1v) is 15.9. The van der Waals surface area contributed by atoms with Crippen molar-refractivity contribution in [2.75, 3.05) is 0 Å². The molecule has 2 N–H and O–H groups in total. The Morgan fingerprint density at radius 1 is 0.500 bits per heavy atom. The van der Waals surface area contributed by atoms with E-state index in [4.69, 9.17) is 0 Å². The van der Waals surface area contributed by atoms with E-state index >= 15 is 0 Å². The minimum atomic E-state index is -0.542. The largest absolute Gasteiger partial charge is 0.393 e. The average Bonchev–Trinajstić information content (AvgIpc) is 3.31. The van der Waals surface area contributed by atoms with Gasteiger partial charge in [0.05, 0.1) is 12.2 Å². The molecule has 2 saturated carbocycles. The van der Waals surface area contributed by atoms with Gasteiger partial charge in [-0.1, -0.05) is 137 Å². The van der Waals surface area contributed by atoms with Gasteiger partial charge in [-0.05, 0) is 65.5 Å². The summed E-state index contributed by atoms with van der Waals surface area (Å²) < 4.78 is 0. The fourth-order valence-corrected chi connectivity index (χ4v) is 5.96. The van der Waals surface area contributed by atoms with E-state index in [1.165, 1.54) is 0 Å². The molecule has 4 atom stereocenters. The Morgan fingerprint density at radius 2 is 0.795 bits per heavy atom. The zero-order valence-corrected chi connectivity index (χ0v) is 28.8. The number of aliphatic hydroxyl groups is 2. The molecule has 0 aliphatic heterocycles. The van der Waals surface area contributed by atoms with E-state index in [9.17, 15) is 19.8 Å². The van der Waals surface area contributed by atoms with Crippen LogP contribution in [0.25, 0.3) is 0 Å². The van der Waals surface area contributed by atoms with Gasteiger partial charge in [0.25, 0.3) is 0 Å². The van der Waals surface area contributed by atoms with Crippen LogP contribution in [0.15, 0.2) is 107 Å². The highest BCUT2D eigenvalue weighted by atomic mass is 16.3. The Morgan fingerprint density at radius 3 is 1.09 bits per heavy atom. The fraction of sp³-hybridized carbons (Fsp3) is 0.500. The van der Waals surface area contributed by atoms with Gasteiger partial charge in [0, 0.05) is 21.7 Å². The molecular weight excluding hydrogens is 544 g/mol. The third-order valence-electron chi connectivity index (χ3n) is 10.7. The lowest BCUT2D eigenvalue weighted by molar-refractivity contribution is -0.130. The molecule has 0 aromatic rings. The van der Waals surface area contributed by atoms with Gasteiger partial charge in [0.1, 0.15) is 0 Å². The van der Waals surface area contributed by atoms with Crippen molar-refractivity contribution in [2.45, 2.75) is 107 Å². The third kappa shape index (κ3) is 8.76. The molecule has 2 fully saturated rings. The molecule has 0 aromatic carbocycles. The fourth-order valence-electron chi connectivity index (χ4n) is 5.96. The first-order valence-electron chi connectivity index (χ1n) is 15.9. The van der Waals surface area contributed by atoms with Gasteiger partial charge >= 0.3 is 0 Å². The molecule has 0 aromatic heterocycles. The van der Waals surface area contributed by atoms with Crippen molar-refractivity contribution in [3.63, 3.8) is 0 Å². The molecule has 0 radical (unpaired) electrons. The first kappa shape index (κ1) is 37.1. The number of hydrogen-bond donors (Lipinski definition) is 2. The lowest BCUT2D eigenvalue weighted by Gasteiger charge is -2.38. The van der Waals surface area contributed by atoms with Gasteiger partial charge in [-0.3, -0.25) is 9.59 Å². The lowest BCUT2D eigenvalue weighted by atomic mass is 9.66. The number of carbonyl (C=O) groups is 2. The summed E-state index contributed by atoms with van der Waals surface area (Å²) in [6.07, 6.45) is 28.9. The van der Waals surface area contributed by atoms with Crippen LogP contribution in [0.5, 0.6) is 0 Å². The van der Waals surface area contributed by atoms with E-state index in [2.05, 4.69) is 0 Å². The molecular formula is C40H56O4. The van der Waals surface area contributed by atoms with Gasteiger partial charge in [0.15, 0.2) is 11.6 Å². The van der Waals surface area contributed by atoms with Crippen LogP contribution in [0.4, 0.5) is 0 Å². The van der Waals surface area contributed by atoms with Crippen molar-refractivity contribution >= 4 is 11.6 Å². The van der Waals surface area contributed by atoms with Crippen LogP contribution >= 0.6 is 0 Å². The van der Waals surface area contributed by atoms with Crippen molar-refractivity contribution in [1.82, 2.24) is 0 Å². The summed E-state index contributed by atoms with van der Waals surface area (Å²) in [6.45, 7) is 19.9. The Balaban J connectivity index is 1.87. The number of ketones is 2. The molecule has 0 unspecified atom stereocenters. The highest BCUT2D eigenvalue weighted by Crippen LogP contribution is 2.54. The topological polar surface area (TPSA) is 74.6 Å². The smallest absolute Gasteiger partial charge is 0.162 e. The Bertz CT molecular complexity index is 1230. The van der Waals surface area contributed by atoms with Crippen molar-refractivity contribution < 1.29 is 19.8 Å². The van der Waals surface area contributed by atoms with E-state index in [-0.39, 0.29) is 11.6 Å². The summed E-state index contributed by atoms with van der Waals surface area (Å²) in [5, 5.41) is 20.6. The number of hydrogen-bond acceptors (Lipinski definition) is 4. The minimum Gasteiger partial charge on any atom is -0.393 e. The second-order valence-electron chi connectivity index (χ2n) is 14.4. The molecule has 44 heavy (non-hydrogen) atoms. The normalized spacial score (nSPS) is 30.3. The zero-order chi connectivity index (χ0) is 33.3. The lowest BCUT2D eigenvalue weighted by Crippen LogP contribution is -2.41. The highest BCUT2D eigenvalue weighted by molar-refractivity contribution is 5.96. The quantitative estimate of drug-likeness (QED) is 0.173. The van der Waals surface area contributed by atoms with Crippen LogP contribution in [0, 0.1) is 21.7 Å². The van der Waals surface area contributed by atoms with Gasteiger partial charge in [-0.25, -0.2) is 0 Å². The Kier molecular flexibility index (Phi) is 12.9. The maximum Gasteiger partial charge on any atom is 0.162 e. The van der Waals surface area contributed by atoms with Gasteiger partial charge in [0.2, 0.25) is 0 Å². The van der Waals surface area contributed by atoms with E-state index < -0.39 is 33.9 Å². The predicted octanol–water partition coefficient (Wildman–Crippen LogP) is 9.07. The van der Waals surface area contributed by atoms with E-state index in [1.807, 2.05) is 142 Å². The maximum absolute atomic E-state index is 12.9. The molecule has 240 valence electrons. The Labute approximate surface area is 267 Å². The summed E-state index contributed by atoms with van der Waals surface area (Å²) in [4.78, 5) is 25.9. The number of aliphatic hydroxyl groups excluding tert-OH is 2. The average molecular weight is 601 g/mol. The number of rotatable bonds is 12. The zero-order valence-electron chi connectivity index (χ0n) is 28.8. The van der Waals surface area contributed by atoms with Gasteiger partial charge in [-0.15, -0.1) is 0 Å². The second kappa shape index (κ2) is 15.3. The van der Waals surface area contributed by atoms with Crippen molar-refractivity contribution in [3.8, 4) is 0 Å². The molecule has 2 aliphatic carbocycles. The molecule has 0 bridgehead atoms. The maximum atomic E-state index is 12.9. The molecule has 2 aliphatic rings. The molecule has 0 amide bonds. The Hall–Kier alpha value is -3.08. The summed E-state index contributed by atoms with van der Waals surface area (Å²) >= 11 is 0. The monoisotopic (exact) mass is 600 g/mol. The van der Waals surface area contributed by atoms with Crippen molar-refractivity contribution in [1.29, 1.82) is 0 Å². The van der Waals surface area contributed by atoms with E-state index in [1.54, 1.807) is 12.2 Å². The molecule has 0 heterocycles. The summed E-state index contributed by atoms with van der Waals surface area (Å²) in [7, 11) is 0. The van der Waals surface area contributed by atoms with Crippen LogP contribution in [-0.2, 0) is 9.59 Å². The third-order valence-corrected chi connectivity index (χ3v) is 10.7. The molecule has 4 heteroatoms. The summed E-state index contributed by atoms with van der Waals surface area (Å²) in [5.74, 6) is 0.148. The standard InChI is InChI=1S/C40H56O4/c1-29(17-13-19-31(3)21-23-35(43)39(9)27-25-33(41)37(39,5)6)15-11-12-16-30(2)18-14-20-32(4)22-24-36(44)40(10)28-26-34(42)38(40,7)8/h11-24,33-34,41-42H,25-28H2,1-10H3/b12-11+,17-13+,18-14+,23-21+,24-22+,29-15+,30-16+,31-19+,32-20+/t33-,34-,39-,40-/m0/s1. The van der Waals surface area contributed by atoms with Gasteiger partial charge < -0.3 is 10.2 Å². The second-order valence-corrected chi connectivity index (χ2v) is 14.4. The number of carbonyl (C=O) groups excluding carboxylic acids is 2. The van der Waals surface area contributed by atoms with Crippen molar-refractivity contribution in [3.05, 3.63) is 107 Å². The van der Waals surface area contributed by atoms with Crippen LogP contribution in [0.3, 0.4) is 0 Å². The van der Waals surface area contributed by atoms with E-state index in [0.717, 1.165) is 22.3 Å². The van der Waals surface area contributed by atoms with Crippen LogP contribution in [0.1, 0.15) is 94.9 Å². The van der Waals surface area contributed by atoms with Crippen LogP contribution in [-0.4, -0.2) is 34.0 Å². The van der Waals surface area contributed by atoms with Gasteiger partial charge in [-0.2, -0.15) is 0 Å². The number of allylic oxidation sites excluding steroid dienone is 18. The minimum absolute atomic E-state index is 0.0742. The summed E-state index contributed by atoms with van der Waals surface area (Å²) in [6, 6.07) is 0. The molecule has 4 nitrogen and oxygen atoms in total. The summed E-state index contributed by atoms with van der Waals surface area (Å²) in [5.41, 5.74) is 2.23. The molecule has 2 rings (SSSR count). The van der Waals surface area contributed by atoms with Crippen LogP contribution < -0.4 is 0 Å². The van der Waals surface area contributed by atoms with E-state index in [0.29, 0.717) is 25.7 Å². The SMILES string of the molecule is CC(/C=C/C=C(C)/C=C/C(=O)[C@]1(C)CC[C@H](O)C1(C)C)=C\C=C\C=C(C)\C=C\C=C(C)\C=C\C(=O)[C@]1(C)CC[C@H](O)C1(C)C. The van der Waals surface area contributed by atoms with Crippen molar-refractivity contribution in [2.24, 2.45) is 21.7 Å². The first-order chi connectivity index (χ1) is 20.4. The van der Waals surface area contributed by atoms with Crippen LogP contribution in [0.2, 0.25) is 0 Å². The molecule has 0 spiro atoms.